The van der Waals surface area contributed by atoms with Crippen molar-refractivity contribution in [3.8, 4) is 0 Å². The molecule has 0 aromatic heterocycles. The van der Waals surface area contributed by atoms with Gasteiger partial charge in [-0.15, -0.1) is 0 Å². The van der Waals surface area contributed by atoms with Gasteiger partial charge in [0.15, 0.2) is 0 Å². The molecule has 1 aliphatic rings. The number of rotatable bonds is 1. The Morgan fingerprint density at radius 3 is 2.91 bits per heavy atom. The van der Waals surface area contributed by atoms with Crippen molar-refractivity contribution in [1.82, 2.24) is 0 Å². The van der Waals surface area contributed by atoms with E-state index in [1.54, 1.807) is 12.2 Å². The molecule has 1 aliphatic carbocycles. The molecule has 0 fully saturated rings. The monoisotopic (exact) mass is 216 g/mol. The van der Waals surface area contributed by atoms with Crippen molar-refractivity contribution in [1.29, 1.82) is 0 Å². The lowest BCUT2D eigenvalue weighted by molar-refractivity contribution is -0.140. The Morgan fingerprint density at radius 1 is 1.82 bits per heavy atom. The van der Waals surface area contributed by atoms with Gasteiger partial charge in [-0.25, -0.2) is 0 Å². The molecular formula is C8H9BrO2. The number of carboxylic acid groups (broad SMARTS) is 1. The molecular weight excluding hydrogens is 208 g/mol. The second-order valence-corrected chi connectivity index (χ2v) is 3.49. The third-order valence-electron chi connectivity index (χ3n) is 1.73. The number of aliphatic carboxylic acids is 1. The van der Waals surface area contributed by atoms with E-state index in [9.17, 15) is 4.79 Å². The summed E-state index contributed by atoms with van der Waals surface area (Å²) in [6, 6.07) is 0. The molecule has 0 bridgehead atoms. The largest absolute Gasteiger partial charge is 0.481 e. The molecule has 60 valence electrons. The Hall–Kier alpha value is -0.570. The molecule has 0 aromatic rings. The average Bonchev–Trinajstić information content (AvgIpc) is 1.94. The van der Waals surface area contributed by atoms with E-state index in [2.05, 4.69) is 15.9 Å². The van der Waals surface area contributed by atoms with Crippen LogP contribution in [0.4, 0.5) is 0 Å². The third-order valence-corrected chi connectivity index (χ3v) is 2.67. The normalized spacial score (nSPS) is 24.0. The first-order chi connectivity index (χ1) is 5.11. The number of carbonyl (C=O) groups is 1. The van der Waals surface area contributed by atoms with Crippen molar-refractivity contribution in [3.63, 3.8) is 0 Å². The van der Waals surface area contributed by atoms with Crippen LogP contribution in [0.15, 0.2) is 22.2 Å². The van der Waals surface area contributed by atoms with Crippen LogP contribution >= 0.6 is 15.9 Å². The first kappa shape index (κ1) is 8.53. The number of halogens is 1. The highest BCUT2D eigenvalue weighted by molar-refractivity contribution is 9.11. The molecule has 0 saturated heterocycles. The zero-order valence-electron chi connectivity index (χ0n) is 6.17. The molecule has 0 amide bonds. The van der Waals surface area contributed by atoms with Gasteiger partial charge in [0.1, 0.15) is 0 Å². The summed E-state index contributed by atoms with van der Waals surface area (Å²) in [4.78, 5) is 10.5. The SMILES string of the molecule is CC1=C(Br)C=CC(C(=O)O)C1. The van der Waals surface area contributed by atoms with Gasteiger partial charge in [-0.2, -0.15) is 0 Å². The Kier molecular flexibility index (Phi) is 2.49. The van der Waals surface area contributed by atoms with E-state index in [4.69, 9.17) is 5.11 Å². The molecule has 1 atom stereocenters. The van der Waals surface area contributed by atoms with E-state index in [1.165, 1.54) is 0 Å². The van der Waals surface area contributed by atoms with Crippen molar-refractivity contribution in [2.24, 2.45) is 5.92 Å². The zero-order chi connectivity index (χ0) is 8.43. The van der Waals surface area contributed by atoms with E-state index in [1.807, 2.05) is 6.92 Å². The fourth-order valence-corrected chi connectivity index (χ4v) is 1.32. The lowest BCUT2D eigenvalue weighted by Crippen LogP contribution is -2.13. The van der Waals surface area contributed by atoms with Crippen LogP contribution in [0.5, 0.6) is 0 Å². The summed E-state index contributed by atoms with van der Waals surface area (Å²) in [7, 11) is 0. The number of allylic oxidation sites excluding steroid dienone is 3. The van der Waals surface area contributed by atoms with Crippen LogP contribution < -0.4 is 0 Å². The fraction of sp³-hybridized carbons (Fsp3) is 0.375. The zero-order valence-corrected chi connectivity index (χ0v) is 7.76. The van der Waals surface area contributed by atoms with E-state index >= 15 is 0 Å². The Labute approximate surface area is 73.7 Å². The van der Waals surface area contributed by atoms with Gasteiger partial charge in [-0.1, -0.05) is 33.7 Å². The lowest BCUT2D eigenvalue weighted by Gasteiger charge is -2.13. The molecule has 0 saturated carbocycles. The average molecular weight is 217 g/mol. The van der Waals surface area contributed by atoms with E-state index in [-0.39, 0.29) is 5.92 Å². The van der Waals surface area contributed by atoms with Crippen LogP contribution in [0.1, 0.15) is 13.3 Å². The Morgan fingerprint density at radius 2 is 2.45 bits per heavy atom. The molecule has 1 unspecified atom stereocenters. The van der Waals surface area contributed by atoms with Gasteiger partial charge in [0, 0.05) is 4.48 Å². The number of hydrogen-bond acceptors (Lipinski definition) is 1. The maximum Gasteiger partial charge on any atom is 0.310 e. The molecule has 0 spiro atoms. The van der Waals surface area contributed by atoms with Crippen LogP contribution in [-0.2, 0) is 4.79 Å². The second-order valence-electron chi connectivity index (χ2n) is 2.64. The standard InChI is InChI=1S/C8H9BrO2/c1-5-4-6(8(10)11)2-3-7(5)9/h2-3,6H,4H2,1H3,(H,10,11). The van der Waals surface area contributed by atoms with Crippen LogP contribution in [0.2, 0.25) is 0 Å². The van der Waals surface area contributed by atoms with Crippen molar-refractivity contribution >= 4 is 21.9 Å². The summed E-state index contributed by atoms with van der Waals surface area (Å²) >= 11 is 3.33. The van der Waals surface area contributed by atoms with E-state index in [0.29, 0.717) is 6.42 Å². The van der Waals surface area contributed by atoms with Crippen LogP contribution in [0.25, 0.3) is 0 Å². The Balaban J connectivity index is 2.74. The second kappa shape index (κ2) is 3.22. The molecule has 2 nitrogen and oxygen atoms in total. The highest BCUT2D eigenvalue weighted by Crippen LogP contribution is 2.26. The van der Waals surface area contributed by atoms with Crippen molar-refractivity contribution in [2.45, 2.75) is 13.3 Å². The Bertz CT molecular complexity index is 240. The summed E-state index contributed by atoms with van der Waals surface area (Å²) in [5.74, 6) is -1.09. The van der Waals surface area contributed by atoms with Crippen molar-refractivity contribution < 1.29 is 9.90 Å². The molecule has 0 radical (unpaired) electrons. The quantitative estimate of drug-likeness (QED) is 0.731. The minimum absolute atomic E-state index is 0.337. The molecule has 3 heteroatoms. The highest BCUT2D eigenvalue weighted by atomic mass is 79.9. The molecule has 1 rings (SSSR count). The lowest BCUT2D eigenvalue weighted by atomic mass is 9.96. The smallest absolute Gasteiger partial charge is 0.310 e. The maximum absolute atomic E-state index is 10.5. The van der Waals surface area contributed by atoms with Crippen molar-refractivity contribution in [2.75, 3.05) is 0 Å². The summed E-state index contributed by atoms with van der Waals surface area (Å²) in [6.45, 7) is 1.93. The van der Waals surface area contributed by atoms with Crippen LogP contribution in [0, 0.1) is 5.92 Å². The summed E-state index contributed by atoms with van der Waals surface area (Å²) in [6.07, 6.45) is 4.13. The first-order valence-corrected chi connectivity index (χ1v) is 4.17. The van der Waals surface area contributed by atoms with Crippen LogP contribution in [0.3, 0.4) is 0 Å². The van der Waals surface area contributed by atoms with Gasteiger partial charge in [0.25, 0.3) is 0 Å². The fourth-order valence-electron chi connectivity index (χ4n) is 1.01. The minimum atomic E-state index is -0.749. The summed E-state index contributed by atoms with van der Waals surface area (Å²) < 4.78 is 1.01. The van der Waals surface area contributed by atoms with Gasteiger partial charge in [0.2, 0.25) is 0 Å². The van der Waals surface area contributed by atoms with E-state index in [0.717, 1.165) is 10.1 Å². The van der Waals surface area contributed by atoms with E-state index < -0.39 is 5.97 Å². The van der Waals surface area contributed by atoms with Gasteiger partial charge >= 0.3 is 5.97 Å². The highest BCUT2D eigenvalue weighted by Gasteiger charge is 2.18. The minimum Gasteiger partial charge on any atom is -0.481 e. The molecule has 0 aliphatic heterocycles. The van der Waals surface area contributed by atoms with Crippen LogP contribution in [-0.4, -0.2) is 11.1 Å². The van der Waals surface area contributed by atoms with Crippen molar-refractivity contribution in [3.05, 3.63) is 22.2 Å². The molecule has 11 heavy (non-hydrogen) atoms. The first-order valence-electron chi connectivity index (χ1n) is 3.37. The van der Waals surface area contributed by atoms with Gasteiger partial charge in [0.05, 0.1) is 5.92 Å². The van der Waals surface area contributed by atoms with Gasteiger partial charge < -0.3 is 5.11 Å². The van der Waals surface area contributed by atoms with Gasteiger partial charge in [-0.3, -0.25) is 4.79 Å². The third kappa shape index (κ3) is 1.93. The van der Waals surface area contributed by atoms with Gasteiger partial charge in [-0.05, 0) is 13.3 Å². The topological polar surface area (TPSA) is 37.3 Å². The number of carboxylic acids is 1. The maximum atomic E-state index is 10.5. The predicted molar refractivity (Wildman–Crippen MR) is 46.5 cm³/mol. The summed E-state index contributed by atoms with van der Waals surface area (Å²) in [5.41, 5.74) is 1.10. The molecule has 0 heterocycles. The predicted octanol–water partition coefficient (Wildman–Crippen LogP) is 2.32. The summed E-state index contributed by atoms with van der Waals surface area (Å²) in [5, 5.41) is 8.65. The number of hydrogen-bond donors (Lipinski definition) is 1. The molecule has 1 N–H and O–H groups in total. The molecule has 0 aromatic carbocycles.